The van der Waals surface area contributed by atoms with Crippen molar-refractivity contribution < 1.29 is 0 Å². The van der Waals surface area contributed by atoms with E-state index in [1.165, 1.54) is 4.57 Å². The van der Waals surface area contributed by atoms with Crippen molar-refractivity contribution in [2.24, 2.45) is 0 Å². The highest BCUT2D eigenvalue weighted by atomic mass is 16.2. The van der Waals surface area contributed by atoms with Crippen molar-refractivity contribution in [3.05, 3.63) is 68.6 Å². The fourth-order valence-electron chi connectivity index (χ4n) is 3.56. The summed E-state index contributed by atoms with van der Waals surface area (Å²) in [6.07, 6.45) is 2.57. The predicted octanol–water partition coefficient (Wildman–Crippen LogP) is 1.66. The second-order valence-corrected chi connectivity index (χ2v) is 7.31. The van der Waals surface area contributed by atoms with Gasteiger partial charge in [0.1, 0.15) is 11.0 Å². The zero-order chi connectivity index (χ0) is 19.8. The van der Waals surface area contributed by atoms with E-state index in [2.05, 4.69) is 10.1 Å². The molecule has 146 valence electrons. The highest BCUT2D eigenvalue weighted by Gasteiger charge is 2.20. The number of hydrogen-bond acceptors (Lipinski definition) is 4. The Morgan fingerprint density at radius 3 is 2.54 bits per heavy atom. The number of hydrogen-bond donors (Lipinski definition) is 1. The molecule has 0 fully saturated rings. The second kappa shape index (κ2) is 7.12. The van der Waals surface area contributed by atoms with Gasteiger partial charge in [0.2, 0.25) is 0 Å². The van der Waals surface area contributed by atoms with Gasteiger partial charge in [-0.2, -0.15) is 0 Å². The third kappa shape index (κ3) is 3.05. The summed E-state index contributed by atoms with van der Waals surface area (Å²) < 4.78 is 4.68. The fraction of sp³-hybridized carbons (Fsp3) is 0.350. The van der Waals surface area contributed by atoms with Crippen molar-refractivity contribution in [3.8, 4) is 0 Å². The van der Waals surface area contributed by atoms with Crippen LogP contribution in [0.3, 0.4) is 0 Å². The quantitative estimate of drug-likeness (QED) is 0.552. The van der Waals surface area contributed by atoms with Crippen molar-refractivity contribution in [2.75, 3.05) is 14.1 Å². The molecule has 3 aromatic heterocycles. The summed E-state index contributed by atoms with van der Waals surface area (Å²) in [6, 6.07) is 9.76. The number of nitrogens with one attached hydrogen (secondary N) is 1. The first-order valence-corrected chi connectivity index (χ1v) is 9.41. The zero-order valence-electron chi connectivity index (χ0n) is 16.3. The molecule has 1 N–H and O–H groups in total. The zero-order valence-corrected chi connectivity index (χ0v) is 16.3. The Morgan fingerprint density at radius 2 is 1.86 bits per heavy atom. The molecule has 1 aromatic carbocycles. The molecule has 0 bridgehead atoms. The van der Waals surface area contributed by atoms with E-state index in [4.69, 9.17) is 0 Å². The minimum absolute atomic E-state index is 0.292. The van der Waals surface area contributed by atoms with E-state index in [0.717, 1.165) is 11.3 Å². The van der Waals surface area contributed by atoms with Crippen molar-refractivity contribution in [1.29, 1.82) is 0 Å². The van der Waals surface area contributed by atoms with Crippen LogP contribution in [0.1, 0.15) is 24.6 Å². The van der Waals surface area contributed by atoms with Gasteiger partial charge in [0.15, 0.2) is 5.65 Å². The summed E-state index contributed by atoms with van der Waals surface area (Å²) in [5.41, 5.74) is 2.32. The monoisotopic (exact) mass is 380 g/mol. The Morgan fingerprint density at radius 1 is 1.11 bits per heavy atom. The van der Waals surface area contributed by atoms with E-state index in [9.17, 15) is 9.59 Å². The van der Waals surface area contributed by atoms with Crippen LogP contribution in [0.15, 0.2) is 46.1 Å². The first-order chi connectivity index (χ1) is 13.5. The smallest absolute Gasteiger partial charge is 0.304 e. The summed E-state index contributed by atoms with van der Waals surface area (Å²) in [5, 5.41) is 3.65. The number of H-pyrrole nitrogens is 1. The first kappa shape index (κ1) is 18.2. The van der Waals surface area contributed by atoms with Gasteiger partial charge < -0.3 is 4.90 Å². The summed E-state index contributed by atoms with van der Waals surface area (Å²) in [4.78, 5) is 32.9. The van der Waals surface area contributed by atoms with E-state index in [1.807, 2.05) is 62.4 Å². The van der Waals surface area contributed by atoms with Crippen LogP contribution in [0.4, 0.5) is 0 Å². The van der Waals surface area contributed by atoms with E-state index >= 15 is 0 Å². The highest BCUT2D eigenvalue weighted by Crippen LogP contribution is 2.16. The topological polar surface area (TPSA) is 80.3 Å². The fourth-order valence-corrected chi connectivity index (χ4v) is 3.56. The van der Waals surface area contributed by atoms with Gasteiger partial charge in [-0.1, -0.05) is 37.3 Å². The van der Waals surface area contributed by atoms with Crippen LogP contribution in [-0.2, 0) is 19.6 Å². The molecule has 0 aliphatic rings. The minimum atomic E-state index is -0.304. The largest absolute Gasteiger partial charge is 0.332 e. The van der Waals surface area contributed by atoms with Crippen LogP contribution < -0.4 is 11.2 Å². The standard InChI is InChI=1S/C20H24N6O2/c1-4-10-24-19(27)16-17-21-15(12-23(2)3)13-26(17)22-18(16)25(20(24)28)11-14-8-6-5-7-9-14/h5-9,13,22H,4,10-12H2,1-3H3. The lowest BCUT2D eigenvalue weighted by atomic mass is 10.2. The maximum atomic E-state index is 13.1. The molecular weight excluding hydrogens is 356 g/mol. The van der Waals surface area contributed by atoms with Crippen LogP contribution in [-0.4, -0.2) is 42.7 Å². The molecule has 0 aliphatic heterocycles. The molecule has 0 saturated carbocycles. The minimum Gasteiger partial charge on any atom is -0.304 e. The Balaban J connectivity index is 1.99. The molecule has 4 aromatic rings. The number of nitrogens with zero attached hydrogens (tertiary/aromatic N) is 5. The van der Waals surface area contributed by atoms with E-state index in [-0.39, 0.29) is 11.2 Å². The van der Waals surface area contributed by atoms with Crippen molar-refractivity contribution in [3.63, 3.8) is 0 Å². The van der Waals surface area contributed by atoms with E-state index in [1.54, 1.807) is 9.08 Å². The molecule has 0 spiro atoms. The van der Waals surface area contributed by atoms with Gasteiger partial charge >= 0.3 is 5.69 Å². The molecule has 28 heavy (non-hydrogen) atoms. The first-order valence-electron chi connectivity index (χ1n) is 9.41. The van der Waals surface area contributed by atoms with E-state index in [0.29, 0.717) is 42.7 Å². The normalized spacial score (nSPS) is 11.9. The second-order valence-electron chi connectivity index (χ2n) is 7.31. The van der Waals surface area contributed by atoms with Crippen LogP contribution in [0.5, 0.6) is 0 Å². The average molecular weight is 380 g/mol. The van der Waals surface area contributed by atoms with Gasteiger partial charge in [-0.15, -0.1) is 0 Å². The SMILES string of the molecule is CCCn1c(=O)c2c([nH]n3cc(CN(C)C)nc23)n(Cc2ccccc2)c1=O. The Kier molecular flexibility index (Phi) is 4.64. The lowest BCUT2D eigenvalue weighted by Crippen LogP contribution is -2.40. The van der Waals surface area contributed by atoms with Gasteiger partial charge in [0.25, 0.3) is 5.56 Å². The molecule has 3 heterocycles. The van der Waals surface area contributed by atoms with Gasteiger partial charge in [-0.25, -0.2) is 14.3 Å². The van der Waals surface area contributed by atoms with E-state index < -0.39 is 0 Å². The maximum absolute atomic E-state index is 13.1. The molecule has 0 amide bonds. The van der Waals surface area contributed by atoms with Crippen LogP contribution in [0.25, 0.3) is 16.7 Å². The highest BCUT2D eigenvalue weighted by molar-refractivity contribution is 5.89. The number of imidazole rings is 1. The number of aromatic amines is 1. The van der Waals surface area contributed by atoms with Crippen LogP contribution in [0.2, 0.25) is 0 Å². The van der Waals surface area contributed by atoms with Gasteiger partial charge in [-0.05, 0) is 26.1 Å². The lowest BCUT2D eigenvalue weighted by molar-refractivity contribution is 0.397. The average Bonchev–Trinajstić information content (AvgIpc) is 3.19. The number of benzene rings is 1. The summed E-state index contributed by atoms with van der Waals surface area (Å²) >= 11 is 0. The molecule has 4 rings (SSSR count). The molecular formula is C20H24N6O2. The van der Waals surface area contributed by atoms with Gasteiger partial charge in [0, 0.05) is 13.1 Å². The molecule has 8 nitrogen and oxygen atoms in total. The van der Waals surface area contributed by atoms with Crippen molar-refractivity contribution in [1.82, 2.24) is 28.6 Å². The molecule has 0 unspecified atom stereocenters. The third-order valence-corrected chi connectivity index (χ3v) is 4.74. The Labute approximate surface area is 161 Å². The molecule has 8 heteroatoms. The molecule has 0 radical (unpaired) electrons. The molecule has 0 atom stereocenters. The van der Waals surface area contributed by atoms with Crippen LogP contribution >= 0.6 is 0 Å². The van der Waals surface area contributed by atoms with Gasteiger partial charge in [-0.3, -0.25) is 19.0 Å². The summed E-state index contributed by atoms with van der Waals surface area (Å²) in [5.74, 6) is 0. The maximum Gasteiger partial charge on any atom is 0.332 e. The molecule has 0 saturated heterocycles. The number of fused-ring (bicyclic) bond motifs is 3. The Hall–Kier alpha value is -3.13. The number of aromatic nitrogens is 5. The molecule has 0 aliphatic carbocycles. The van der Waals surface area contributed by atoms with Crippen molar-refractivity contribution >= 4 is 16.7 Å². The van der Waals surface area contributed by atoms with Crippen molar-refractivity contribution in [2.45, 2.75) is 33.0 Å². The van der Waals surface area contributed by atoms with Gasteiger partial charge in [0.05, 0.1) is 18.4 Å². The third-order valence-electron chi connectivity index (χ3n) is 4.74. The number of rotatable bonds is 6. The summed E-state index contributed by atoms with van der Waals surface area (Å²) in [7, 11) is 3.94. The lowest BCUT2D eigenvalue weighted by Gasteiger charge is -2.11. The Bertz CT molecular complexity index is 1240. The summed E-state index contributed by atoms with van der Waals surface area (Å²) in [6.45, 7) is 3.39. The van der Waals surface area contributed by atoms with Crippen LogP contribution in [0, 0.1) is 0 Å². The predicted molar refractivity (Wildman–Crippen MR) is 109 cm³/mol.